The Labute approximate surface area is 118 Å². The Morgan fingerprint density at radius 3 is 2.78 bits per heavy atom. The summed E-state index contributed by atoms with van der Waals surface area (Å²) in [7, 11) is 0. The van der Waals surface area contributed by atoms with Crippen molar-refractivity contribution >= 4 is 33.3 Å². The van der Waals surface area contributed by atoms with E-state index in [1.54, 1.807) is 12.1 Å². The molecule has 2 rings (SSSR count). The van der Waals surface area contributed by atoms with E-state index >= 15 is 0 Å². The van der Waals surface area contributed by atoms with Gasteiger partial charge in [-0.05, 0) is 52.7 Å². The smallest absolute Gasteiger partial charge is 0.141 e. The maximum absolute atomic E-state index is 13.0. The number of anilines is 1. The van der Waals surface area contributed by atoms with Gasteiger partial charge >= 0.3 is 0 Å². The first kappa shape index (κ1) is 13.3. The Morgan fingerprint density at radius 2 is 2.11 bits per heavy atom. The number of rotatable bonds is 3. The zero-order valence-electron chi connectivity index (χ0n) is 9.67. The van der Waals surface area contributed by atoms with Crippen molar-refractivity contribution in [3.63, 3.8) is 0 Å². The zero-order valence-corrected chi connectivity index (χ0v) is 12.0. The second-order valence-corrected chi connectivity index (χ2v) is 5.13. The molecule has 0 bridgehead atoms. The number of aryl methyl sites for hydroxylation is 1. The summed E-state index contributed by atoms with van der Waals surface area (Å²) in [5.74, 6) is 0.370. The lowest BCUT2D eigenvalue weighted by molar-refractivity contribution is 0.627. The van der Waals surface area contributed by atoms with Gasteiger partial charge in [0.1, 0.15) is 11.6 Å². The Bertz CT molecular complexity index is 523. The first-order valence-electron chi connectivity index (χ1n) is 5.37. The summed E-state index contributed by atoms with van der Waals surface area (Å²) < 4.78 is 14.0. The maximum Gasteiger partial charge on any atom is 0.141 e. The standard InChI is InChI=1S/C13H11BrClFN2/c1-8-10(14)3-5-13(18-8)17-7-9-2-4-12(16)11(15)6-9/h2-6H,7H2,1H3,(H,17,18). The minimum Gasteiger partial charge on any atom is -0.366 e. The Hall–Kier alpha value is -1.13. The predicted molar refractivity (Wildman–Crippen MR) is 75.4 cm³/mol. The van der Waals surface area contributed by atoms with Crippen molar-refractivity contribution in [2.75, 3.05) is 5.32 Å². The normalized spacial score (nSPS) is 10.4. The molecule has 1 N–H and O–H groups in total. The maximum atomic E-state index is 13.0. The van der Waals surface area contributed by atoms with Crippen molar-refractivity contribution in [2.24, 2.45) is 0 Å². The molecule has 0 aliphatic rings. The molecular formula is C13H11BrClFN2. The highest BCUT2D eigenvalue weighted by Crippen LogP contribution is 2.18. The third kappa shape index (κ3) is 3.21. The lowest BCUT2D eigenvalue weighted by Gasteiger charge is -2.07. The Morgan fingerprint density at radius 1 is 1.33 bits per heavy atom. The predicted octanol–water partition coefficient (Wildman–Crippen LogP) is 4.56. The minimum absolute atomic E-state index is 0.134. The van der Waals surface area contributed by atoms with E-state index in [0.717, 1.165) is 21.5 Å². The fourth-order valence-electron chi connectivity index (χ4n) is 1.48. The van der Waals surface area contributed by atoms with E-state index in [-0.39, 0.29) is 5.02 Å². The van der Waals surface area contributed by atoms with Gasteiger partial charge in [-0.1, -0.05) is 17.7 Å². The second kappa shape index (κ2) is 5.67. The molecule has 18 heavy (non-hydrogen) atoms. The lowest BCUT2D eigenvalue weighted by atomic mass is 10.2. The average molecular weight is 330 g/mol. The van der Waals surface area contributed by atoms with Gasteiger partial charge in [-0.25, -0.2) is 9.37 Å². The Kier molecular flexibility index (Phi) is 4.19. The molecule has 2 aromatic rings. The van der Waals surface area contributed by atoms with Gasteiger partial charge in [-0.2, -0.15) is 0 Å². The molecule has 0 spiro atoms. The van der Waals surface area contributed by atoms with Gasteiger partial charge in [0.05, 0.1) is 10.7 Å². The topological polar surface area (TPSA) is 24.9 Å². The van der Waals surface area contributed by atoms with E-state index in [1.165, 1.54) is 6.07 Å². The summed E-state index contributed by atoms with van der Waals surface area (Å²) in [5, 5.41) is 3.30. The molecular weight excluding hydrogens is 319 g/mol. The van der Waals surface area contributed by atoms with Crippen LogP contribution in [0.4, 0.5) is 10.2 Å². The number of aromatic nitrogens is 1. The molecule has 94 valence electrons. The van der Waals surface area contributed by atoms with Crippen LogP contribution in [0.5, 0.6) is 0 Å². The molecule has 0 fully saturated rings. The molecule has 1 heterocycles. The molecule has 0 amide bonds. The Balaban J connectivity index is 2.06. The third-order valence-electron chi connectivity index (χ3n) is 2.48. The zero-order chi connectivity index (χ0) is 13.1. The quantitative estimate of drug-likeness (QED) is 0.893. The van der Waals surface area contributed by atoms with E-state index in [2.05, 4.69) is 26.2 Å². The van der Waals surface area contributed by atoms with Crippen LogP contribution in [-0.4, -0.2) is 4.98 Å². The van der Waals surface area contributed by atoms with Crippen LogP contribution in [0.15, 0.2) is 34.8 Å². The molecule has 0 saturated carbocycles. The number of halogens is 3. The van der Waals surface area contributed by atoms with Gasteiger partial charge in [0.2, 0.25) is 0 Å². The molecule has 2 nitrogen and oxygen atoms in total. The highest BCUT2D eigenvalue weighted by molar-refractivity contribution is 9.10. The molecule has 0 aliphatic heterocycles. The number of hydrogen-bond acceptors (Lipinski definition) is 2. The van der Waals surface area contributed by atoms with Crippen molar-refractivity contribution in [3.8, 4) is 0 Å². The largest absolute Gasteiger partial charge is 0.366 e. The molecule has 0 saturated heterocycles. The summed E-state index contributed by atoms with van der Waals surface area (Å²) >= 11 is 9.11. The van der Waals surface area contributed by atoms with Gasteiger partial charge < -0.3 is 5.32 Å². The molecule has 0 radical (unpaired) electrons. The van der Waals surface area contributed by atoms with Gasteiger partial charge in [-0.3, -0.25) is 0 Å². The third-order valence-corrected chi connectivity index (χ3v) is 3.61. The van der Waals surface area contributed by atoms with Crippen LogP contribution in [0.3, 0.4) is 0 Å². The molecule has 0 atom stereocenters. The van der Waals surface area contributed by atoms with Crippen molar-refractivity contribution in [1.82, 2.24) is 4.98 Å². The molecule has 0 aliphatic carbocycles. The molecule has 0 unspecified atom stereocenters. The monoisotopic (exact) mass is 328 g/mol. The molecule has 1 aromatic heterocycles. The summed E-state index contributed by atoms with van der Waals surface area (Å²) in [4.78, 5) is 4.36. The van der Waals surface area contributed by atoms with Crippen LogP contribution in [0, 0.1) is 12.7 Å². The van der Waals surface area contributed by atoms with Crippen LogP contribution < -0.4 is 5.32 Å². The highest BCUT2D eigenvalue weighted by Gasteiger charge is 2.02. The van der Waals surface area contributed by atoms with E-state index in [0.29, 0.717) is 6.54 Å². The molecule has 1 aromatic carbocycles. The lowest BCUT2D eigenvalue weighted by Crippen LogP contribution is -2.02. The van der Waals surface area contributed by atoms with Crippen molar-refractivity contribution < 1.29 is 4.39 Å². The van der Waals surface area contributed by atoms with Crippen LogP contribution in [0.1, 0.15) is 11.3 Å². The van der Waals surface area contributed by atoms with E-state index in [1.807, 2.05) is 19.1 Å². The van der Waals surface area contributed by atoms with Crippen molar-refractivity contribution in [2.45, 2.75) is 13.5 Å². The fourth-order valence-corrected chi connectivity index (χ4v) is 1.91. The summed E-state index contributed by atoms with van der Waals surface area (Å²) in [5.41, 5.74) is 1.82. The van der Waals surface area contributed by atoms with Gasteiger partial charge in [0.25, 0.3) is 0 Å². The first-order chi connectivity index (χ1) is 8.56. The van der Waals surface area contributed by atoms with Crippen molar-refractivity contribution in [3.05, 3.63) is 56.9 Å². The highest BCUT2D eigenvalue weighted by atomic mass is 79.9. The van der Waals surface area contributed by atoms with E-state index in [4.69, 9.17) is 11.6 Å². The molecule has 5 heteroatoms. The average Bonchev–Trinajstić information content (AvgIpc) is 2.35. The van der Waals surface area contributed by atoms with Gasteiger partial charge in [0.15, 0.2) is 0 Å². The SMILES string of the molecule is Cc1nc(NCc2ccc(F)c(Cl)c2)ccc1Br. The van der Waals surface area contributed by atoms with Crippen molar-refractivity contribution in [1.29, 1.82) is 0 Å². The van der Waals surface area contributed by atoms with E-state index < -0.39 is 5.82 Å². The number of benzene rings is 1. The van der Waals surface area contributed by atoms with Crippen LogP contribution >= 0.6 is 27.5 Å². The summed E-state index contributed by atoms with van der Waals surface area (Å²) in [6.07, 6.45) is 0. The number of pyridine rings is 1. The van der Waals surface area contributed by atoms with E-state index in [9.17, 15) is 4.39 Å². The summed E-state index contributed by atoms with van der Waals surface area (Å²) in [6.45, 7) is 2.47. The van der Waals surface area contributed by atoms with Crippen LogP contribution in [0.25, 0.3) is 0 Å². The second-order valence-electron chi connectivity index (χ2n) is 3.87. The number of hydrogen-bond donors (Lipinski definition) is 1. The number of nitrogens with zero attached hydrogens (tertiary/aromatic N) is 1. The number of nitrogens with one attached hydrogen (secondary N) is 1. The fraction of sp³-hybridized carbons (Fsp3) is 0.154. The summed E-state index contributed by atoms with van der Waals surface area (Å²) in [6, 6.07) is 8.47. The van der Waals surface area contributed by atoms with Gasteiger partial charge in [-0.15, -0.1) is 0 Å². The van der Waals surface area contributed by atoms with Gasteiger partial charge in [0, 0.05) is 11.0 Å². The van der Waals surface area contributed by atoms with Crippen LogP contribution in [-0.2, 0) is 6.54 Å². The first-order valence-corrected chi connectivity index (χ1v) is 6.54. The minimum atomic E-state index is -0.405. The van der Waals surface area contributed by atoms with Crippen LogP contribution in [0.2, 0.25) is 5.02 Å².